The maximum Gasteiger partial charge on any atom is 0.254 e. The number of hydrogen-bond donors (Lipinski definition) is 0. The number of carbonyl (C=O) groups excluding carboxylic acids is 1. The van der Waals surface area contributed by atoms with Crippen molar-refractivity contribution in [2.24, 2.45) is 0 Å². The summed E-state index contributed by atoms with van der Waals surface area (Å²) in [6.07, 6.45) is 8.21. The Morgan fingerprint density at radius 2 is 2.19 bits per heavy atom. The predicted molar refractivity (Wildman–Crippen MR) is 105 cm³/mol. The maximum absolute atomic E-state index is 13.2. The van der Waals surface area contributed by atoms with Crippen molar-refractivity contribution in [3.05, 3.63) is 47.0 Å². The van der Waals surface area contributed by atoms with Crippen LogP contribution in [0.1, 0.15) is 46.9 Å². The molecule has 1 saturated heterocycles. The number of aryl methyl sites for hydroxylation is 3. The average molecular weight is 369 g/mol. The Hall–Kier alpha value is -2.21. The monoisotopic (exact) mass is 368 g/mol. The van der Waals surface area contributed by atoms with Gasteiger partial charge in [0.15, 0.2) is 0 Å². The van der Waals surface area contributed by atoms with Crippen LogP contribution in [0.5, 0.6) is 0 Å². The summed E-state index contributed by atoms with van der Waals surface area (Å²) in [5.74, 6) is 1.19. The van der Waals surface area contributed by atoms with Crippen LogP contribution in [0.4, 0.5) is 0 Å². The number of nitrogens with zero attached hydrogens (tertiary/aromatic N) is 4. The first-order valence-corrected chi connectivity index (χ1v) is 10.1. The highest BCUT2D eigenvalue weighted by Crippen LogP contribution is 2.26. The molecule has 1 aromatic carbocycles. The van der Waals surface area contributed by atoms with Gasteiger partial charge in [-0.25, -0.2) is 9.97 Å². The number of aromatic nitrogens is 3. The number of benzene rings is 1. The van der Waals surface area contributed by atoms with Gasteiger partial charge in [0, 0.05) is 37.1 Å². The molecule has 5 nitrogen and oxygen atoms in total. The summed E-state index contributed by atoms with van der Waals surface area (Å²) in [4.78, 5) is 24.1. The van der Waals surface area contributed by atoms with E-state index < -0.39 is 0 Å². The largest absolute Gasteiger partial charge is 0.336 e. The van der Waals surface area contributed by atoms with Crippen LogP contribution >= 0.6 is 11.3 Å². The molecule has 0 spiro atoms. The molecule has 1 amide bonds. The SMILES string of the molecule is Cc1nc2ccc(C(=O)N3CCCC[C@@H]3CCn3ccnc3C)cc2s1. The number of hydrogen-bond acceptors (Lipinski definition) is 4. The number of rotatable bonds is 4. The first-order chi connectivity index (χ1) is 12.6. The topological polar surface area (TPSA) is 51.0 Å². The predicted octanol–water partition coefficient (Wildman–Crippen LogP) is 4.19. The van der Waals surface area contributed by atoms with E-state index in [-0.39, 0.29) is 5.91 Å². The quantitative estimate of drug-likeness (QED) is 0.694. The van der Waals surface area contributed by atoms with Crippen LogP contribution in [-0.4, -0.2) is 37.9 Å². The van der Waals surface area contributed by atoms with Crippen molar-refractivity contribution in [3.8, 4) is 0 Å². The molecule has 1 fully saturated rings. The van der Waals surface area contributed by atoms with Gasteiger partial charge in [0.1, 0.15) is 5.82 Å². The van der Waals surface area contributed by atoms with Gasteiger partial charge in [-0.1, -0.05) is 0 Å². The molecule has 26 heavy (non-hydrogen) atoms. The number of imidazole rings is 1. The Labute approximate surface area is 157 Å². The van der Waals surface area contributed by atoms with Gasteiger partial charge >= 0.3 is 0 Å². The first kappa shape index (κ1) is 17.2. The molecular weight excluding hydrogens is 344 g/mol. The molecule has 2 aromatic heterocycles. The minimum Gasteiger partial charge on any atom is -0.336 e. The summed E-state index contributed by atoms with van der Waals surface area (Å²) >= 11 is 1.65. The molecule has 6 heteroatoms. The number of likely N-dealkylation sites (tertiary alicyclic amines) is 1. The van der Waals surface area contributed by atoms with E-state index in [9.17, 15) is 4.79 Å². The van der Waals surface area contributed by atoms with E-state index in [0.717, 1.165) is 59.0 Å². The summed E-state index contributed by atoms with van der Waals surface area (Å²) in [6.45, 7) is 5.79. The fraction of sp³-hybridized carbons (Fsp3) is 0.450. The molecule has 0 saturated carbocycles. The van der Waals surface area contributed by atoms with Crippen LogP contribution in [0.2, 0.25) is 0 Å². The number of fused-ring (bicyclic) bond motifs is 1. The van der Waals surface area contributed by atoms with E-state index in [1.54, 1.807) is 11.3 Å². The van der Waals surface area contributed by atoms with Crippen molar-refractivity contribution in [2.45, 2.75) is 52.1 Å². The molecule has 0 N–H and O–H groups in total. The lowest BCUT2D eigenvalue weighted by Crippen LogP contribution is -2.44. The van der Waals surface area contributed by atoms with Crippen molar-refractivity contribution in [3.63, 3.8) is 0 Å². The second kappa shape index (κ2) is 7.19. The van der Waals surface area contributed by atoms with Gasteiger partial charge in [-0.15, -0.1) is 11.3 Å². The third-order valence-electron chi connectivity index (χ3n) is 5.26. The number of thiazole rings is 1. The van der Waals surface area contributed by atoms with Crippen LogP contribution in [0.3, 0.4) is 0 Å². The molecule has 1 aliphatic heterocycles. The van der Waals surface area contributed by atoms with Crippen LogP contribution in [-0.2, 0) is 6.54 Å². The first-order valence-electron chi connectivity index (χ1n) is 9.28. The van der Waals surface area contributed by atoms with E-state index in [1.807, 2.05) is 44.4 Å². The number of amides is 1. The molecule has 136 valence electrons. The third-order valence-corrected chi connectivity index (χ3v) is 6.19. The molecule has 3 aromatic rings. The van der Waals surface area contributed by atoms with Crippen molar-refractivity contribution in [1.29, 1.82) is 0 Å². The zero-order valence-corrected chi connectivity index (χ0v) is 16.1. The Morgan fingerprint density at radius 1 is 1.31 bits per heavy atom. The summed E-state index contributed by atoms with van der Waals surface area (Å²) in [6, 6.07) is 6.21. The summed E-state index contributed by atoms with van der Waals surface area (Å²) in [5, 5.41) is 1.04. The van der Waals surface area contributed by atoms with Gasteiger partial charge in [-0.3, -0.25) is 4.79 Å². The molecule has 0 bridgehead atoms. The van der Waals surface area contributed by atoms with E-state index in [2.05, 4.69) is 19.4 Å². The van der Waals surface area contributed by atoms with Gasteiger partial charge in [0.25, 0.3) is 5.91 Å². The highest BCUT2D eigenvalue weighted by molar-refractivity contribution is 7.18. The standard InChI is InChI=1S/C20H24N4OS/c1-14-21-9-12-23(14)11-8-17-5-3-4-10-24(17)20(25)16-6-7-18-19(13-16)26-15(2)22-18/h6-7,9,12-13,17H,3-5,8,10-11H2,1-2H3/t17-/m1/s1. The number of piperidine rings is 1. The Bertz CT molecular complexity index is 929. The fourth-order valence-electron chi connectivity index (χ4n) is 3.83. The highest BCUT2D eigenvalue weighted by Gasteiger charge is 2.27. The van der Waals surface area contributed by atoms with Gasteiger partial charge < -0.3 is 9.47 Å². The zero-order valence-electron chi connectivity index (χ0n) is 15.3. The van der Waals surface area contributed by atoms with Crippen molar-refractivity contribution >= 4 is 27.5 Å². The van der Waals surface area contributed by atoms with Crippen LogP contribution < -0.4 is 0 Å². The van der Waals surface area contributed by atoms with Crippen LogP contribution in [0.25, 0.3) is 10.2 Å². The smallest absolute Gasteiger partial charge is 0.254 e. The second-order valence-corrected chi connectivity index (χ2v) is 8.25. The van der Waals surface area contributed by atoms with Crippen molar-refractivity contribution in [2.75, 3.05) is 6.54 Å². The van der Waals surface area contributed by atoms with E-state index in [0.29, 0.717) is 6.04 Å². The lowest BCUT2D eigenvalue weighted by molar-refractivity contribution is 0.0595. The Kier molecular flexibility index (Phi) is 4.76. The summed E-state index contributed by atoms with van der Waals surface area (Å²) < 4.78 is 3.26. The maximum atomic E-state index is 13.2. The molecule has 0 radical (unpaired) electrons. The molecular formula is C20H24N4OS. The van der Waals surface area contributed by atoms with Gasteiger partial charge in [-0.2, -0.15) is 0 Å². The third kappa shape index (κ3) is 3.38. The second-order valence-electron chi connectivity index (χ2n) is 7.02. The average Bonchev–Trinajstić information content (AvgIpc) is 3.23. The summed E-state index contributed by atoms with van der Waals surface area (Å²) in [5.41, 5.74) is 1.77. The van der Waals surface area contributed by atoms with Crippen LogP contribution in [0, 0.1) is 13.8 Å². The molecule has 1 atom stereocenters. The van der Waals surface area contributed by atoms with E-state index >= 15 is 0 Å². The molecule has 3 heterocycles. The Balaban J connectivity index is 1.52. The summed E-state index contributed by atoms with van der Waals surface area (Å²) in [7, 11) is 0. The number of carbonyl (C=O) groups is 1. The Morgan fingerprint density at radius 3 is 3.00 bits per heavy atom. The highest BCUT2D eigenvalue weighted by atomic mass is 32.1. The molecule has 0 aliphatic carbocycles. The fourth-order valence-corrected chi connectivity index (χ4v) is 4.70. The van der Waals surface area contributed by atoms with Gasteiger partial charge in [-0.05, 0) is 57.7 Å². The minimum atomic E-state index is 0.157. The van der Waals surface area contributed by atoms with Crippen molar-refractivity contribution < 1.29 is 4.79 Å². The van der Waals surface area contributed by atoms with Crippen LogP contribution in [0.15, 0.2) is 30.6 Å². The lowest BCUT2D eigenvalue weighted by atomic mass is 9.98. The van der Waals surface area contributed by atoms with Crippen molar-refractivity contribution in [1.82, 2.24) is 19.4 Å². The van der Waals surface area contributed by atoms with E-state index in [1.165, 1.54) is 6.42 Å². The normalized spacial score (nSPS) is 17.8. The zero-order chi connectivity index (χ0) is 18.1. The minimum absolute atomic E-state index is 0.157. The molecule has 1 aliphatic rings. The lowest BCUT2D eigenvalue weighted by Gasteiger charge is -2.36. The molecule has 0 unspecified atom stereocenters. The van der Waals surface area contributed by atoms with Gasteiger partial charge in [0.2, 0.25) is 0 Å². The molecule has 4 rings (SSSR count). The van der Waals surface area contributed by atoms with Gasteiger partial charge in [0.05, 0.1) is 15.2 Å². The van der Waals surface area contributed by atoms with E-state index in [4.69, 9.17) is 0 Å².